The molecule has 3 rings (SSSR count). The second-order valence-electron chi connectivity index (χ2n) is 7.03. The molecule has 3 N–H and O–H groups in total. The fourth-order valence-electron chi connectivity index (χ4n) is 3.04. The highest BCUT2D eigenvalue weighted by Crippen LogP contribution is 2.21. The van der Waals surface area contributed by atoms with Gasteiger partial charge in [-0.1, -0.05) is 13.8 Å². The molecule has 2 heterocycles. The van der Waals surface area contributed by atoms with Gasteiger partial charge in [-0.2, -0.15) is 5.10 Å². The molecule has 134 valence electrons. The highest BCUT2D eigenvalue weighted by molar-refractivity contribution is 5.95. The average molecular weight is 343 g/mol. The lowest BCUT2D eigenvalue weighted by molar-refractivity contribution is -0.121. The summed E-state index contributed by atoms with van der Waals surface area (Å²) in [5.74, 6) is 0.182. The quantitative estimate of drug-likeness (QED) is 0.797. The molecule has 2 aromatic rings. The van der Waals surface area contributed by atoms with E-state index in [0.717, 1.165) is 29.4 Å². The second-order valence-corrected chi connectivity index (χ2v) is 7.03. The topological polar surface area (TPSA) is 90.1 Å². The summed E-state index contributed by atoms with van der Waals surface area (Å²) in [5.41, 5.74) is 1.62. The van der Waals surface area contributed by atoms with E-state index >= 15 is 0 Å². The minimum Gasteiger partial charge on any atom is -0.338 e. The van der Waals surface area contributed by atoms with Gasteiger partial charge in [0.25, 0.3) is 0 Å². The molecular weight excluding hydrogens is 318 g/mol. The van der Waals surface area contributed by atoms with Crippen LogP contribution in [0.15, 0.2) is 24.4 Å². The molecule has 1 aliphatic heterocycles. The molecule has 1 aromatic heterocycles. The first-order valence-electron chi connectivity index (χ1n) is 8.79. The van der Waals surface area contributed by atoms with Crippen LogP contribution < -0.4 is 10.6 Å². The van der Waals surface area contributed by atoms with E-state index in [1.807, 2.05) is 18.2 Å². The normalized spacial score (nSPS) is 17.7. The molecule has 1 aromatic carbocycles. The van der Waals surface area contributed by atoms with E-state index in [0.29, 0.717) is 25.6 Å². The van der Waals surface area contributed by atoms with Crippen molar-refractivity contribution in [1.82, 2.24) is 20.4 Å². The van der Waals surface area contributed by atoms with E-state index in [-0.39, 0.29) is 17.9 Å². The van der Waals surface area contributed by atoms with Crippen molar-refractivity contribution in [3.05, 3.63) is 24.4 Å². The van der Waals surface area contributed by atoms with Crippen LogP contribution in [0.1, 0.15) is 26.7 Å². The maximum Gasteiger partial charge on any atom is 0.317 e. The van der Waals surface area contributed by atoms with Crippen LogP contribution in [0.4, 0.5) is 10.5 Å². The zero-order chi connectivity index (χ0) is 17.8. The molecule has 25 heavy (non-hydrogen) atoms. The number of H-pyrrole nitrogens is 1. The number of piperidine rings is 1. The Bertz CT molecular complexity index is 755. The Labute approximate surface area is 147 Å². The van der Waals surface area contributed by atoms with Crippen LogP contribution in [0.2, 0.25) is 0 Å². The molecule has 0 saturated carbocycles. The highest BCUT2D eigenvalue weighted by atomic mass is 16.2. The smallest absolute Gasteiger partial charge is 0.317 e. The van der Waals surface area contributed by atoms with E-state index in [1.165, 1.54) is 0 Å². The van der Waals surface area contributed by atoms with E-state index in [4.69, 9.17) is 0 Å². The SMILES string of the molecule is CC(C)CNC(=O)N1CCCC(C(=O)Nc2ccc3cn[nH]c3c2)C1. The van der Waals surface area contributed by atoms with Crippen molar-refractivity contribution < 1.29 is 9.59 Å². The number of fused-ring (bicyclic) bond motifs is 1. The van der Waals surface area contributed by atoms with E-state index < -0.39 is 0 Å². The summed E-state index contributed by atoms with van der Waals surface area (Å²) in [5, 5.41) is 13.8. The van der Waals surface area contributed by atoms with Crippen LogP contribution in [-0.4, -0.2) is 46.7 Å². The van der Waals surface area contributed by atoms with Crippen LogP contribution >= 0.6 is 0 Å². The fourth-order valence-corrected chi connectivity index (χ4v) is 3.04. The molecule has 0 radical (unpaired) electrons. The lowest BCUT2D eigenvalue weighted by Gasteiger charge is -2.32. The molecule has 1 unspecified atom stereocenters. The summed E-state index contributed by atoms with van der Waals surface area (Å²) in [6.45, 7) is 5.93. The van der Waals surface area contributed by atoms with Gasteiger partial charge in [0.15, 0.2) is 0 Å². The maximum atomic E-state index is 12.6. The summed E-state index contributed by atoms with van der Waals surface area (Å²) in [4.78, 5) is 26.5. The Morgan fingerprint density at radius 3 is 3.04 bits per heavy atom. The summed E-state index contributed by atoms with van der Waals surface area (Å²) >= 11 is 0. The summed E-state index contributed by atoms with van der Waals surface area (Å²) in [6.07, 6.45) is 3.38. The van der Waals surface area contributed by atoms with Gasteiger partial charge in [-0.25, -0.2) is 4.79 Å². The Hall–Kier alpha value is -2.57. The molecule has 7 heteroatoms. The standard InChI is InChI=1S/C18H25N5O2/c1-12(2)9-19-18(25)23-7-3-4-14(11-23)17(24)21-15-6-5-13-10-20-22-16(13)8-15/h5-6,8,10,12,14H,3-4,7,9,11H2,1-2H3,(H,19,25)(H,20,22)(H,21,24). The van der Waals surface area contributed by atoms with Gasteiger partial charge in [-0.3, -0.25) is 9.89 Å². The molecule has 0 aliphatic carbocycles. The molecule has 0 spiro atoms. The van der Waals surface area contributed by atoms with Gasteiger partial charge in [0.2, 0.25) is 5.91 Å². The number of aromatic nitrogens is 2. The molecular formula is C18H25N5O2. The number of hydrogen-bond acceptors (Lipinski definition) is 3. The van der Waals surface area contributed by atoms with Crippen molar-refractivity contribution in [1.29, 1.82) is 0 Å². The van der Waals surface area contributed by atoms with Crippen molar-refractivity contribution in [2.24, 2.45) is 11.8 Å². The van der Waals surface area contributed by atoms with Gasteiger partial charge in [0.05, 0.1) is 17.6 Å². The number of carbonyl (C=O) groups excluding carboxylic acids is 2. The van der Waals surface area contributed by atoms with Crippen LogP contribution in [-0.2, 0) is 4.79 Å². The number of rotatable bonds is 4. The molecule has 1 saturated heterocycles. The Kier molecular flexibility index (Phi) is 5.21. The summed E-state index contributed by atoms with van der Waals surface area (Å²) < 4.78 is 0. The monoisotopic (exact) mass is 343 g/mol. The first-order chi connectivity index (χ1) is 12.0. The number of nitrogens with one attached hydrogen (secondary N) is 3. The number of aromatic amines is 1. The predicted octanol–water partition coefficient (Wildman–Crippen LogP) is 2.58. The Morgan fingerprint density at radius 1 is 1.40 bits per heavy atom. The first-order valence-corrected chi connectivity index (χ1v) is 8.79. The van der Waals surface area contributed by atoms with Crippen LogP contribution in [0, 0.1) is 11.8 Å². The third-order valence-electron chi connectivity index (χ3n) is 4.45. The van der Waals surface area contributed by atoms with Crippen molar-refractivity contribution in [2.45, 2.75) is 26.7 Å². The summed E-state index contributed by atoms with van der Waals surface area (Å²) in [7, 11) is 0. The fraction of sp³-hybridized carbons (Fsp3) is 0.500. The zero-order valence-electron chi connectivity index (χ0n) is 14.7. The minimum absolute atomic E-state index is 0.0415. The molecule has 7 nitrogen and oxygen atoms in total. The number of likely N-dealkylation sites (tertiary alicyclic amines) is 1. The highest BCUT2D eigenvalue weighted by Gasteiger charge is 2.28. The number of benzene rings is 1. The van der Waals surface area contributed by atoms with Crippen molar-refractivity contribution in [2.75, 3.05) is 25.0 Å². The van der Waals surface area contributed by atoms with Crippen molar-refractivity contribution in [3.8, 4) is 0 Å². The third-order valence-corrected chi connectivity index (χ3v) is 4.45. The predicted molar refractivity (Wildman–Crippen MR) is 97.3 cm³/mol. The first kappa shape index (κ1) is 17.3. The molecule has 1 atom stereocenters. The molecule has 3 amide bonds. The van der Waals surface area contributed by atoms with Crippen molar-refractivity contribution >= 4 is 28.5 Å². The van der Waals surface area contributed by atoms with Gasteiger partial charge in [-0.05, 0) is 37.0 Å². The third kappa shape index (κ3) is 4.29. The minimum atomic E-state index is -0.184. The van der Waals surface area contributed by atoms with Crippen LogP contribution in [0.5, 0.6) is 0 Å². The number of amides is 3. The molecule has 1 fully saturated rings. The van der Waals surface area contributed by atoms with Crippen molar-refractivity contribution in [3.63, 3.8) is 0 Å². The van der Waals surface area contributed by atoms with E-state index in [9.17, 15) is 9.59 Å². The zero-order valence-corrected chi connectivity index (χ0v) is 14.7. The number of nitrogens with zero attached hydrogens (tertiary/aromatic N) is 2. The Balaban J connectivity index is 1.58. The maximum absolute atomic E-state index is 12.6. The number of urea groups is 1. The van der Waals surface area contributed by atoms with Gasteiger partial charge in [0.1, 0.15) is 0 Å². The number of carbonyl (C=O) groups is 2. The lowest BCUT2D eigenvalue weighted by Crippen LogP contribution is -2.48. The van der Waals surface area contributed by atoms with Gasteiger partial charge >= 0.3 is 6.03 Å². The van der Waals surface area contributed by atoms with E-state index in [1.54, 1.807) is 11.1 Å². The number of hydrogen-bond donors (Lipinski definition) is 3. The Morgan fingerprint density at radius 2 is 2.24 bits per heavy atom. The van der Waals surface area contributed by atoms with Gasteiger partial charge < -0.3 is 15.5 Å². The van der Waals surface area contributed by atoms with Gasteiger partial charge in [-0.15, -0.1) is 0 Å². The molecule has 0 bridgehead atoms. The number of anilines is 1. The average Bonchev–Trinajstić information content (AvgIpc) is 3.07. The van der Waals surface area contributed by atoms with Gasteiger partial charge in [0, 0.05) is 30.7 Å². The summed E-state index contributed by atoms with van der Waals surface area (Å²) in [6, 6.07) is 5.58. The van der Waals surface area contributed by atoms with Crippen LogP contribution in [0.3, 0.4) is 0 Å². The second kappa shape index (κ2) is 7.55. The lowest BCUT2D eigenvalue weighted by atomic mass is 9.97. The van der Waals surface area contributed by atoms with E-state index in [2.05, 4.69) is 34.7 Å². The molecule has 1 aliphatic rings. The van der Waals surface area contributed by atoms with Crippen LogP contribution in [0.25, 0.3) is 10.9 Å². The largest absolute Gasteiger partial charge is 0.338 e.